The maximum atomic E-state index is 12.5. The molecule has 0 atom stereocenters. The quantitative estimate of drug-likeness (QED) is 0.411. The van der Waals surface area contributed by atoms with Gasteiger partial charge in [0.1, 0.15) is 11.3 Å². The first-order valence-electron chi connectivity index (χ1n) is 10.3. The fourth-order valence-corrected chi connectivity index (χ4v) is 3.77. The molecule has 0 radical (unpaired) electrons. The lowest BCUT2D eigenvalue weighted by atomic mass is 10.3. The molecule has 1 amide bonds. The second-order valence-corrected chi connectivity index (χ2v) is 7.57. The van der Waals surface area contributed by atoms with Crippen molar-refractivity contribution < 1.29 is 19.0 Å². The Balaban J connectivity index is 1.79. The highest BCUT2D eigenvalue weighted by Gasteiger charge is 2.21. The molecule has 0 aliphatic heterocycles. The molecule has 0 saturated heterocycles. The minimum Gasteiger partial charge on any atom is -0.495 e. The van der Waals surface area contributed by atoms with Crippen LogP contribution in [0.5, 0.6) is 11.6 Å². The molecule has 0 bridgehead atoms. The highest BCUT2D eigenvalue weighted by Crippen LogP contribution is 2.31. The number of rotatable bonds is 12. The summed E-state index contributed by atoms with van der Waals surface area (Å²) in [5.74, 6) is 1.73. The standard InChI is InChI=1S/C21H28N6O4S/c1-5-26-13-15(20(25-26)31-6-2)19-23-24-21(27(19)11-12-29-3)32-14-18(28)22-16-9-7-8-10-17(16)30-4/h7-10,13H,5-6,11-12,14H2,1-4H3,(H,22,28). The molecule has 0 spiro atoms. The van der Waals surface area contributed by atoms with E-state index in [1.165, 1.54) is 11.8 Å². The number of carbonyl (C=O) groups excluding carboxylic acids is 1. The number of hydrogen-bond donors (Lipinski definition) is 1. The van der Waals surface area contributed by atoms with E-state index in [1.54, 1.807) is 31.0 Å². The van der Waals surface area contributed by atoms with Crippen molar-refractivity contribution in [3.05, 3.63) is 30.5 Å². The highest BCUT2D eigenvalue weighted by atomic mass is 32.2. The highest BCUT2D eigenvalue weighted by molar-refractivity contribution is 7.99. The molecule has 32 heavy (non-hydrogen) atoms. The van der Waals surface area contributed by atoms with E-state index < -0.39 is 0 Å². The molecule has 3 rings (SSSR count). The number of para-hydroxylation sites is 2. The predicted octanol–water partition coefficient (Wildman–Crippen LogP) is 2.95. The Morgan fingerprint density at radius 3 is 2.72 bits per heavy atom. The Bertz CT molecular complexity index is 1040. The van der Waals surface area contributed by atoms with Crippen LogP contribution in [-0.2, 0) is 22.6 Å². The second kappa shape index (κ2) is 11.5. The van der Waals surface area contributed by atoms with E-state index in [2.05, 4.69) is 20.6 Å². The third-order valence-corrected chi connectivity index (χ3v) is 5.49. The maximum absolute atomic E-state index is 12.5. The normalized spacial score (nSPS) is 10.9. The Morgan fingerprint density at radius 1 is 1.19 bits per heavy atom. The zero-order valence-electron chi connectivity index (χ0n) is 18.7. The zero-order chi connectivity index (χ0) is 22.9. The number of nitrogens with zero attached hydrogens (tertiary/aromatic N) is 5. The average molecular weight is 461 g/mol. The van der Waals surface area contributed by atoms with Gasteiger partial charge in [0.25, 0.3) is 0 Å². The number of thioether (sulfide) groups is 1. The first kappa shape index (κ1) is 23.6. The number of amides is 1. The Kier molecular flexibility index (Phi) is 8.51. The van der Waals surface area contributed by atoms with Gasteiger partial charge in [-0.3, -0.25) is 14.0 Å². The van der Waals surface area contributed by atoms with Crippen molar-refractivity contribution in [3.63, 3.8) is 0 Å². The first-order chi connectivity index (χ1) is 15.6. The minimum absolute atomic E-state index is 0.162. The molecule has 0 aliphatic rings. The van der Waals surface area contributed by atoms with Gasteiger partial charge in [-0.05, 0) is 26.0 Å². The molecule has 0 fully saturated rings. The number of carbonyl (C=O) groups is 1. The van der Waals surface area contributed by atoms with Crippen LogP contribution in [0.2, 0.25) is 0 Å². The number of methoxy groups -OCH3 is 2. The van der Waals surface area contributed by atoms with Gasteiger partial charge < -0.3 is 19.5 Å². The lowest BCUT2D eigenvalue weighted by Gasteiger charge is -2.11. The summed E-state index contributed by atoms with van der Waals surface area (Å²) in [5, 5.41) is 16.6. The lowest BCUT2D eigenvalue weighted by Crippen LogP contribution is -2.15. The van der Waals surface area contributed by atoms with Gasteiger partial charge >= 0.3 is 0 Å². The molecule has 172 valence electrons. The second-order valence-electron chi connectivity index (χ2n) is 6.62. The van der Waals surface area contributed by atoms with Crippen LogP contribution in [0.3, 0.4) is 0 Å². The van der Waals surface area contributed by atoms with Crippen LogP contribution in [0, 0.1) is 0 Å². The summed E-state index contributed by atoms with van der Waals surface area (Å²) in [7, 11) is 3.20. The van der Waals surface area contributed by atoms with E-state index in [-0.39, 0.29) is 11.7 Å². The van der Waals surface area contributed by atoms with E-state index in [1.807, 2.05) is 36.7 Å². The molecular formula is C21H28N6O4S. The summed E-state index contributed by atoms with van der Waals surface area (Å²) in [4.78, 5) is 12.5. The monoisotopic (exact) mass is 460 g/mol. The largest absolute Gasteiger partial charge is 0.495 e. The van der Waals surface area contributed by atoms with Crippen LogP contribution in [0.15, 0.2) is 35.6 Å². The van der Waals surface area contributed by atoms with Crippen molar-refractivity contribution in [3.8, 4) is 23.0 Å². The first-order valence-corrected chi connectivity index (χ1v) is 11.3. The Morgan fingerprint density at radius 2 is 2.00 bits per heavy atom. The third-order valence-electron chi connectivity index (χ3n) is 4.52. The van der Waals surface area contributed by atoms with E-state index in [0.29, 0.717) is 54.6 Å². The van der Waals surface area contributed by atoms with Crippen LogP contribution < -0.4 is 14.8 Å². The summed E-state index contributed by atoms with van der Waals surface area (Å²) >= 11 is 1.30. The van der Waals surface area contributed by atoms with Gasteiger partial charge in [-0.2, -0.15) is 0 Å². The van der Waals surface area contributed by atoms with Crippen molar-refractivity contribution in [2.24, 2.45) is 0 Å². The van der Waals surface area contributed by atoms with Crippen LogP contribution >= 0.6 is 11.8 Å². The summed E-state index contributed by atoms with van der Waals surface area (Å²) in [6.07, 6.45) is 1.89. The van der Waals surface area contributed by atoms with E-state index in [4.69, 9.17) is 14.2 Å². The maximum Gasteiger partial charge on any atom is 0.243 e. The topological polar surface area (TPSA) is 105 Å². The molecule has 0 unspecified atom stereocenters. The van der Waals surface area contributed by atoms with Crippen LogP contribution in [0.25, 0.3) is 11.4 Å². The van der Waals surface area contributed by atoms with Gasteiger partial charge in [0.05, 0.1) is 38.3 Å². The Labute approximate surface area is 191 Å². The summed E-state index contributed by atoms with van der Waals surface area (Å²) in [6, 6.07) is 7.27. The van der Waals surface area contributed by atoms with Gasteiger partial charge in [0.2, 0.25) is 11.8 Å². The van der Waals surface area contributed by atoms with Crippen molar-refractivity contribution in [1.82, 2.24) is 24.5 Å². The van der Waals surface area contributed by atoms with E-state index in [9.17, 15) is 4.79 Å². The van der Waals surface area contributed by atoms with Gasteiger partial charge in [0.15, 0.2) is 11.0 Å². The zero-order valence-corrected chi connectivity index (χ0v) is 19.5. The van der Waals surface area contributed by atoms with Gasteiger partial charge in [0, 0.05) is 19.9 Å². The average Bonchev–Trinajstić information content (AvgIpc) is 3.40. The molecule has 1 aromatic carbocycles. The third kappa shape index (κ3) is 5.60. The number of benzene rings is 1. The fraction of sp³-hybridized carbons (Fsp3) is 0.429. The molecule has 0 saturated carbocycles. The molecular weight excluding hydrogens is 432 g/mol. The summed E-state index contributed by atoms with van der Waals surface area (Å²) < 4.78 is 20.0. The van der Waals surface area contributed by atoms with Crippen LogP contribution in [-0.4, -0.2) is 63.6 Å². The van der Waals surface area contributed by atoms with E-state index in [0.717, 1.165) is 5.56 Å². The van der Waals surface area contributed by atoms with Crippen molar-refractivity contribution in [1.29, 1.82) is 0 Å². The van der Waals surface area contributed by atoms with Crippen molar-refractivity contribution >= 4 is 23.4 Å². The van der Waals surface area contributed by atoms with Crippen molar-refractivity contribution in [2.75, 3.05) is 38.5 Å². The summed E-state index contributed by atoms with van der Waals surface area (Å²) in [5.41, 5.74) is 1.37. The molecule has 1 N–H and O–H groups in total. The molecule has 11 heteroatoms. The van der Waals surface area contributed by atoms with Gasteiger partial charge in [-0.25, -0.2) is 0 Å². The van der Waals surface area contributed by atoms with Crippen LogP contribution in [0.1, 0.15) is 13.8 Å². The fourth-order valence-electron chi connectivity index (χ4n) is 3.01. The van der Waals surface area contributed by atoms with Gasteiger partial charge in [-0.15, -0.1) is 15.3 Å². The predicted molar refractivity (Wildman–Crippen MR) is 122 cm³/mol. The smallest absolute Gasteiger partial charge is 0.243 e. The Hall–Kier alpha value is -3.05. The molecule has 0 aliphatic carbocycles. The molecule has 3 aromatic rings. The number of anilines is 1. The van der Waals surface area contributed by atoms with E-state index >= 15 is 0 Å². The summed E-state index contributed by atoms with van der Waals surface area (Å²) in [6.45, 7) is 6.10. The SMILES string of the molecule is CCOc1nn(CC)cc1-c1nnc(SCC(=O)Nc2ccccc2OC)n1CCOC. The van der Waals surface area contributed by atoms with Gasteiger partial charge in [-0.1, -0.05) is 23.9 Å². The molecule has 10 nitrogen and oxygen atoms in total. The number of ether oxygens (including phenoxy) is 3. The lowest BCUT2D eigenvalue weighted by molar-refractivity contribution is -0.113. The van der Waals surface area contributed by atoms with Crippen molar-refractivity contribution in [2.45, 2.75) is 32.1 Å². The number of aromatic nitrogens is 5. The minimum atomic E-state index is -0.170. The van der Waals surface area contributed by atoms with Crippen LogP contribution in [0.4, 0.5) is 5.69 Å². The molecule has 2 aromatic heterocycles. The number of hydrogen-bond acceptors (Lipinski definition) is 8. The number of nitrogens with one attached hydrogen (secondary N) is 1. The molecule has 2 heterocycles. The number of aryl methyl sites for hydroxylation is 1.